The quantitative estimate of drug-likeness (QED) is 0.946. The molecule has 2 aliphatic rings. The highest BCUT2D eigenvalue weighted by atomic mass is 16.3. The molecule has 0 radical (unpaired) electrons. The zero-order valence-corrected chi connectivity index (χ0v) is 12.7. The minimum absolute atomic E-state index is 0.387. The minimum atomic E-state index is -0.387. The molecule has 2 aromatic heterocycles. The number of nitrogens with zero attached hydrogens (tertiary/aromatic N) is 4. The van der Waals surface area contributed by atoms with Crippen molar-refractivity contribution in [3.63, 3.8) is 0 Å². The van der Waals surface area contributed by atoms with Gasteiger partial charge in [0.2, 0.25) is 0 Å². The number of aliphatic hydroxyl groups is 1. The first kappa shape index (κ1) is 13.8. The van der Waals surface area contributed by atoms with Gasteiger partial charge in [0.15, 0.2) is 0 Å². The second-order valence-corrected chi connectivity index (χ2v) is 6.40. The molecule has 4 rings (SSSR count). The van der Waals surface area contributed by atoms with Crippen molar-refractivity contribution in [1.29, 1.82) is 0 Å². The Bertz CT molecular complexity index is 635. The molecule has 5 heteroatoms. The molecule has 0 amide bonds. The van der Waals surface area contributed by atoms with Crippen LogP contribution in [0.1, 0.15) is 43.2 Å². The Morgan fingerprint density at radius 1 is 1.14 bits per heavy atom. The van der Waals surface area contributed by atoms with E-state index in [0.717, 1.165) is 44.6 Å². The van der Waals surface area contributed by atoms with Gasteiger partial charge in [-0.2, -0.15) is 5.10 Å². The van der Waals surface area contributed by atoms with Crippen molar-refractivity contribution >= 4 is 5.69 Å². The molecule has 1 aliphatic heterocycles. The lowest BCUT2D eigenvalue weighted by Crippen LogP contribution is -2.22. The van der Waals surface area contributed by atoms with Gasteiger partial charge in [-0.25, -0.2) is 0 Å². The standard InChI is InChI=1S/C17H22N4O/c22-17(13-3-1-4-13)16-11-15-12-20(9-2-10-21(15)19-16)14-5-7-18-8-6-14/h5-8,11,13,17,22H,1-4,9-10,12H2/t17-/m0/s1. The van der Waals surface area contributed by atoms with E-state index in [0.29, 0.717) is 5.92 Å². The summed E-state index contributed by atoms with van der Waals surface area (Å²) in [5.74, 6) is 0.412. The third-order valence-corrected chi connectivity index (χ3v) is 4.96. The molecule has 2 aromatic rings. The molecule has 1 atom stereocenters. The molecule has 3 heterocycles. The summed E-state index contributed by atoms with van der Waals surface area (Å²) in [4.78, 5) is 6.46. The number of aliphatic hydroxyl groups excluding tert-OH is 1. The van der Waals surface area contributed by atoms with Crippen molar-refractivity contribution in [3.8, 4) is 0 Å². The normalized spacial score (nSPS) is 20.1. The van der Waals surface area contributed by atoms with Crippen LogP contribution < -0.4 is 4.90 Å². The number of pyridine rings is 1. The van der Waals surface area contributed by atoms with Gasteiger partial charge in [-0.3, -0.25) is 9.67 Å². The van der Waals surface area contributed by atoms with Crippen LogP contribution in [0.4, 0.5) is 5.69 Å². The van der Waals surface area contributed by atoms with Crippen LogP contribution in [0.25, 0.3) is 0 Å². The molecule has 0 unspecified atom stereocenters. The van der Waals surface area contributed by atoms with Gasteiger partial charge in [-0.1, -0.05) is 6.42 Å². The third kappa shape index (κ3) is 2.50. The number of hydrogen-bond acceptors (Lipinski definition) is 4. The summed E-state index contributed by atoms with van der Waals surface area (Å²) >= 11 is 0. The molecule has 22 heavy (non-hydrogen) atoms. The van der Waals surface area contributed by atoms with Crippen LogP contribution in [-0.2, 0) is 13.1 Å². The number of aromatic nitrogens is 3. The van der Waals surface area contributed by atoms with Gasteiger partial charge in [0, 0.05) is 31.2 Å². The Labute approximate surface area is 130 Å². The molecule has 1 N–H and O–H groups in total. The average Bonchev–Trinajstić information content (AvgIpc) is 2.78. The Kier molecular flexibility index (Phi) is 3.58. The molecule has 5 nitrogen and oxygen atoms in total. The second-order valence-electron chi connectivity index (χ2n) is 6.40. The first-order valence-corrected chi connectivity index (χ1v) is 8.21. The van der Waals surface area contributed by atoms with Crippen LogP contribution in [-0.4, -0.2) is 26.4 Å². The predicted octanol–water partition coefficient (Wildman–Crippen LogP) is 2.52. The molecule has 1 aliphatic carbocycles. The highest BCUT2D eigenvalue weighted by molar-refractivity contribution is 5.45. The fraction of sp³-hybridized carbons (Fsp3) is 0.529. The van der Waals surface area contributed by atoms with E-state index in [1.807, 2.05) is 12.4 Å². The lowest BCUT2D eigenvalue weighted by atomic mass is 9.80. The smallest absolute Gasteiger partial charge is 0.101 e. The van der Waals surface area contributed by atoms with Gasteiger partial charge in [0.25, 0.3) is 0 Å². The second kappa shape index (κ2) is 5.72. The maximum atomic E-state index is 10.4. The van der Waals surface area contributed by atoms with E-state index in [4.69, 9.17) is 0 Å². The van der Waals surface area contributed by atoms with Gasteiger partial charge < -0.3 is 10.0 Å². The van der Waals surface area contributed by atoms with Crippen LogP contribution in [0.15, 0.2) is 30.6 Å². The zero-order valence-electron chi connectivity index (χ0n) is 12.7. The van der Waals surface area contributed by atoms with Crippen LogP contribution in [0.5, 0.6) is 0 Å². The van der Waals surface area contributed by atoms with Gasteiger partial charge in [-0.05, 0) is 43.4 Å². The molecule has 0 saturated heterocycles. The van der Waals surface area contributed by atoms with Crippen molar-refractivity contribution in [3.05, 3.63) is 42.0 Å². The number of aryl methyl sites for hydroxylation is 1. The van der Waals surface area contributed by atoms with E-state index in [1.54, 1.807) is 0 Å². The van der Waals surface area contributed by atoms with E-state index in [2.05, 4.69) is 37.9 Å². The number of rotatable bonds is 3. The summed E-state index contributed by atoms with van der Waals surface area (Å²) in [6.45, 7) is 2.79. The molecule has 0 spiro atoms. The molecule has 1 saturated carbocycles. The number of hydrogen-bond donors (Lipinski definition) is 1. The first-order valence-electron chi connectivity index (χ1n) is 8.21. The van der Waals surface area contributed by atoms with E-state index in [9.17, 15) is 5.11 Å². The minimum Gasteiger partial charge on any atom is -0.386 e. The van der Waals surface area contributed by atoms with Crippen LogP contribution >= 0.6 is 0 Å². The third-order valence-electron chi connectivity index (χ3n) is 4.96. The Hall–Kier alpha value is -1.88. The lowest BCUT2D eigenvalue weighted by Gasteiger charge is -2.29. The fourth-order valence-electron chi connectivity index (χ4n) is 3.40. The molecule has 116 valence electrons. The highest BCUT2D eigenvalue weighted by Gasteiger charge is 2.29. The SMILES string of the molecule is O[C@H](c1cc2n(n1)CCCN(c1ccncc1)C2)C1CCC1. The molecular weight excluding hydrogens is 276 g/mol. The van der Waals surface area contributed by atoms with Crippen molar-refractivity contribution in [2.75, 3.05) is 11.4 Å². The van der Waals surface area contributed by atoms with Crippen molar-refractivity contribution in [2.24, 2.45) is 5.92 Å². The van der Waals surface area contributed by atoms with Gasteiger partial charge in [0.05, 0.1) is 17.9 Å². The predicted molar refractivity (Wildman–Crippen MR) is 84.4 cm³/mol. The monoisotopic (exact) mass is 298 g/mol. The summed E-state index contributed by atoms with van der Waals surface area (Å²) < 4.78 is 2.08. The zero-order chi connectivity index (χ0) is 14.9. The van der Waals surface area contributed by atoms with E-state index in [-0.39, 0.29) is 6.10 Å². The Morgan fingerprint density at radius 2 is 1.95 bits per heavy atom. The summed E-state index contributed by atoms with van der Waals surface area (Å²) in [6.07, 6.45) is 7.86. The van der Waals surface area contributed by atoms with Crippen LogP contribution in [0, 0.1) is 5.92 Å². The summed E-state index contributed by atoms with van der Waals surface area (Å²) in [5, 5.41) is 15.1. The molecular formula is C17H22N4O. The maximum Gasteiger partial charge on any atom is 0.101 e. The van der Waals surface area contributed by atoms with Crippen molar-refractivity contribution < 1.29 is 5.11 Å². The van der Waals surface area contributed by atoms with Gasteiger partial charge in [0.1, 0.15) is 6.10 Å². The largest absolute Gasteiger partial charge is 0.386 e. The van der Waals surface area contributed by atoms with E-state index < -0.39 is 0 Å². The molecule has 1 fully saturated rings. The summed E-state index contributed by atoms with van der Waals surface area (Å²) in [5.41, 5.74) is 3.25. The molecule has 0 aromatic carbocycles. The van der Waals surface area contributed by atoms with E-state index >= 15 is 0 Å². The Balaban J connectivity index is 1.57. The number of fused-ring (bicyclic) bond motifs is 1. The van der Waals surface area contributed by atoms with Crippen LogP contribution in [0.2, 0.25) is 0 Å². The highest BCUT2D eigenvalue weighted by Crippen LogP contribution is 2.37. The lowest BCUT2D eigenvalue weighted by molar-refractivity contribution is 0.0581. The van der Waals surface area contributed by atoms with E-state index in [1.165, 1.54) is 17.8 Å². The fourth-order valence-corrected chi connectivity index (χ4v) is 3.40. The van der Waals surface area contributed by atoms with Gasteiger partial charge in [-0.15, -0.1) is 0 Å². The number of anilines is 1. The first-order chi connectivity index (χ1) is 10.8. The van der Waals surface area contributed by atoms with Crippen molar-refractivity contribution in [2.45, 2.75) is 44.9 Å². The van der Waals surface area contributed by atoms with Gasteiger partial charge >= 0.3 is 0 Å². The summed E-state index contributed by atoms with van der Waals surface area (Å²) in [7, 11) is 0. The maximum absolute atomic E-state index is 10.4. The van der Waals surface area contributed by atoms with Crippen molar-refractivity contribution in [1.82, 2.24) is 14.8 Å². The summed E-state index contributed by atoms with van der Waals surface area (Å²) in [6, 6.07) is 6.20. The van der Waals surface area contributed by atoms with Crippen LogP contribution in [0.3, 0.4) is 0 Å². The average molecular weight is 298 g/mol. The molecule has 0 bridgehead atoms. The Morgan fingerprint density at radius 3 is 2.68 bits per heavy atom. The topological polar surface area (TPSA) is 54.2 Å².